The number of nitrogens with one attached hydrogen (secondary N) is 1. The molecule has 2 fully saturated rings. The largest absolute Gasteiger partial charge is 0.462 e. The van der Waals surface area contributed by atoms with Gasteiger partial charge in [-0.2, -0.15) is 0 Å². The van der Waals surface area contributed by atoms with E-state index in [0.29, 0.717) is 30.2 Å². The summed E-state index contributed by atoms with van der Waals surface area (Å²) in [6.45, 7) is 9.07. The Hall–Kier alpha value is -2.39. The van der Waals surface area contributed by atoms with Crippen LogP contribution in [0.2, 0.25) is 0 Å². The summed E-state index contributed by atoms with van der Waals surface area (Å²) >= 11 is 0. The zero-order valence-corrected chi connectivity index (χ0v) is 16.4. The van der Waals surface area contributed by atoms with Crippen molar-refractivity contribution in [2.24, 2.45) is 0 Å². The Morgan fingerprint density at radius 2 is 2.04 bits per heavy atom. The van der Waals surface area contributed by atoms with Crippen molar-refractivity contribution >= 4 is 23.3 Å². The first-order chi connectivity index (χ1) is 13.8. The Kier molecular flexibility index (Phi) is 5.92. The number of nitrogens with zero attached hydrogens (tertiary/aromatic N) is 5. The number of carbonyl (C=O) groups is 1. The van der Waals surface area contributed by atoms with Gasteiger partial charge >= 0.3 is 5.97 Å². The second kappa shape index (κ2) is 8.74. The number of aromatic nitrogens is 3. The van der Waals surface area contributed by atoms with Crippen molar-refractivity contribution < 1.29 is 14.3 Å². The molecule has 0 atom stereocenters. The highest BCUT2D eigenvalue weighted by atomic mass is 16.5. The van der Waals surface area contributed by atoms with E-state index in [0.717, 1.165) is 51.8 Å². The molecular formula is C19H28N6O3. The van der Waals surface area contributed by atoms with Gasteiger partial charge in [0.1, 0.15) is 11.4 Å². The number of hydrogen-bond donors (Lipinski definition) is 1. The highest BCUT2D eigenvalue weighted by Gasteiger charge is 2.24. The molecule has 0 unspecified atom stereocenters. The lowest BCUT2D eigenvalue weighted by Crippen LogP contribution is -2.39. The van der Waals surface area contributed by atoms with E-state index in [2.05, 4.69) is 20.2 Å². The number of ether oxygens (including phenoxy) is 2. The van der Waals surface area contributed by atoms with Crippen molar-refractivity contribution in [3.8, 4) is 0 Å². The summed E-state index contributed by atoms with van der Waals surface area (Å²) in [4.78, 5) is 22.0. The van der Waals surface area contributed by atoms with E-state index in [-0.39, 0.29) is 0 Å². The van der Waals surface area contributed by atoms with Gasteiger partial charge in [-0.05, 0) is 25.8 Å². The molecule has 0 saturated carbocycles. The van der Waals surface area contributed by atoms with Crippen LogP contribution in [0.15, 0.2) is 12.3 Å². The molecular weight excluding hydrogens is 360 g/mol. The monoisotopic (exact) mass is 388 g/mol. The van der Waals surface area contributed by atoms with Crippen molar-refractivity contribution in [3.63, 3.8) is 0 Å². The highest BCUT2D eigenvalue weighted by molar-refractivity contribution is 6.01. The fourth-order valence-electron chi connectivity index (χ4n) is 3.71. The van der Waals surface area contributed by atoms with Gasteiger partial charge < -0.3 is 19.7 Å². The highest BCUT2D eigenvalue weighted by Crippen LogP contribution is 2.24. The number of carbonyl (C=O) groups excluding carboxylic acids is 1. The minimum absolute atomic E-state index is 0.315. The Bertz CT molecular complexity index is 811. The minimum atomic E-state index is -0.391. The Morgan fingerprint density at radius 3 is 2.79 bits per heavy atom. The maximum Gasteiger partial charge on any atom is 0.345 e. The maximum absolute atomic E-state index is 12.6. The van der Waals surface area contributed by atoms with Crippen LogP contribution in [0.25, 0.3) is 5.65 Å². The summed E-state index contributed by atoms with van der Waals surface area (Å²) in [5.74, 6) is 1.02. The predicted molar refractivity (Wildman–Crippen MR) is 106 cm³/mol. The van der Waals surface area contributed by atoms with E-state index >= 15 is 0 Å². The van der Waals surface area contributed by atoms with Gasteiger partial charge in [-0.15, -0.1) is 5.10 Å². The average molecular weight is 388 g/mol. The van der Waals surface area contributed by atoms with Gasteiger partial charge in [-0.3, -0.25) is 4.90 Å². The van der Waals surface area contributed by atoms with Crippen LogP contribution < -0.4 is 10.2 Å². The van der Waals surface area contributed by atoms with Gasteiger partial charge in [0.25, 0.3) is 0 Å². The molecule has 0 bridgehead atoms. The summed E-state index contributed by atoms with van der Waals surface area (Å²) in [6, 6.07) is 1.96. The number of morpholine rings is 1. The maximum atomic E-state index is 12.6. The molecule has 2 aliphatic heterocycles. The third-order valence-electron chi connectivity index (χ3n) is 5.20. The molecule has 2 aliphatic rings. The third kappa shape index (κ3) is 4.05. The van der Waals surface area contributed by atoms with E-state index in [1.165, 1.54) is 12.8 Å². The average Bonchev–Trinajstić information content (AvgIpc) is 3.36. The molecule has 2 aromatic heterocycles. The standard InChI is InChI=1S/C19H28N6O3/c1-2-28-19(26)16-17(20-6-10-23-11-13-27-14-12-23)22-25-9-5-15(21-18(16)25)24-7-3-4-8-24/h5,9H,2-4,6-8,10-14H2,1H3,(H,20,22). The van der Waals surface area contributed by atoms with Crippen molar-refractivity contribution in [3.05, 3.63) is 17.8 Å². The molecule has 1 N–H and O–H groups in total. The smallest absolute Gasteiger partial charge is 0.345 e. The van der Waals surface area contributed by atoms with Crippen molar-refractivity contribution in [1.29, 1.82) is 0 Å². The second-order valence-corrected chi connectivity index (χ2v) is 7.07. The molecule has 4 heterocycles. The fourth-order valence-corrected chi connectivity index (χ4v) is 3.71. The lowest BCUT2D eigenvalue weighted by atomic mass is 10.3. The van der Waals surface area contributed by atoms with Gasteiger partial charge in [0, 0.05) is 45.5 Å². The van der Waals surface area contributed by atoms with Crippen LogP contribution in [-0.4, -0.2) is 84.6 Å². The zero-order valence-electron chi connectivity index (χ0n) is 16.4. The number of esters is 1. The Morgan fingerprint density at radius 1 is 1.25 bits per heavy atom. The van der Waals surface area contributed by atoms with Crippen LogP contribution in [-0.2, 0) is 9.47 Å². The lowest BCUT2D eigenvalue weighted by molar-refractivity contribution is 0.0398. The van der Waals surface area contributed by atoms with Crippen LogP contribution in [0.3, 0.4) is 0 Å². The van der Waals surface area contributed by atoms with E-state index in [1.807, 2.05) is 12.3 Å². The number of hydrogen-bond acceptors (Lipinski definition) is 8. The van der Waals surface area contributed by atoms with E-state index in [1.54, 1.807) is 11.4 Å². The molecule has 0 radical (unpaired) electrons. The van der Waals surface area contributed by atoms with Crippen LogP contribution in [0.4, 0.5) is 11.6 Å². The summed E-state index contributed by atoms with van der Waals surface area (Å²) in [6.07, 6.45) is 4.21. The zero-order chi connectivity index (χ0) is 19.3. The van der Waals surface area contributed by atoms with Crippen LogP contribution >= 0.6 is 0 Å². The van der Waals surface area contributed by atoms with Crippen LogP contribution in [0.1, 0.15) is 30.1 Å². The first-order valence-corrected chi connectivity index (χ1v) is 10.1. The third-order valence-corrected chi connectivity index (χ3v) is 5.20. The molecule has 2 aromatic rings. The van der Waals surface area contributed by atoms with Gasteiger partial charge in [0.05, 0.1) is 19.8 Å². The number of rotatable bonds is 7. The van der Waals surface area contributed by atoms with Crippen molar-refractivity contribution in [2.75, 3.05) is 69.3 Å². The van der Waals surface area contributed by atoms with Crippen LogP contribution in [0, 0.1) is 0 Å². The molecule has 9 heteroatoms. The van der Waals surface area contributed by atoms with Crippen molar-refractivity contribution in [2.45, 2.75) is 19.8 Å². The van der Waals surface area contributed by atoms with Gasteiger partial charge in [-0.25, -0.2) is 14.3 Å². The van der Waals surface area contributed by atoms with Crippen LogP contribution in [0.5, 0.6) is 0 Å². The topological polar surface area (TPSA) is 84.2 Å². The normalized spacial score (nSPS) is 18.0. The summed E-state index contributed by atoms with van der Waals surface area (Å²) in [5, 5.41) is 7.86. The fraction of sp³-hybridized carbons (Fsp3) is 0.632. The molecule has 9 nitrogen and oxygen atoms in total. The quantitative estimate of drug-likeness (QED) is 0.710. The molecule has 0 aliphatic carbocycles. The van der Waals surface area contributed by atoms with Gasteiger partial charge in [-0.1, -0.05) is 0 Å². The summed E-state index contributed by atoms with van der Waals surface area (Å²) < 4.78 is 12.3. The molecule has 0 spiro atoms. The number of anilines is 2. The Labute approximate surface area is 164 Å². The SMILES string of the molecule is CCOC(=O)c1c(NCCN2CCOCC2)nn2ccc(N3CCCC3)nc12. The molecule has 28 heavy (non-hydrogen) atoms. The minimum Gasteiger partial charge on any atom is -0.462 e. The Balaban J connectivity index is 1.56. The number of fused-ring (bicyclic) bond motifs is 1. The lowest BCUT2D eigenvalue weighted by Gasteiger charge is -2.26. The predicted octanol–water partition coefficient (Wildman–Crippen LogP) is 1.25. The first kappa shape index (κ1) is 18.9. The molecule has 152 valence electrons. The van der Waals surface area contributed by atoms with Gasteiger partial charge in [0.2, 0.25) is 0 Å². The van der Waals surface area contributed by atoms with Gasteiger partial charge in [0.15, 0.2) is 11.5 Å². The first-order valence-electron chi connectivity index (χ1n) is 10.1. The van der Waals surface area contributed by atoms with Crippen molar-refractivity contribution in [1.82, 2.24) is 19.5 Å². The van der Waals surface area contributed by atoms with E-state index < -0.39 is 5.97 Å². The second-order valence-electron chi connectivity index (χ2n) is 7.07. The van der Waals surface area contributed by atoms with E-state index in [4.69, 9.17) is 14.5 Å². The van der Waals surface area contributed by atoms with E-state index in [9.17, 15) is 4.79 Å². The molecule has 4 rings (SSSR count). The molecule has 2 saturated heterocycles. The molecule has 0 amide bonds. The molecule has 0 aromatic carbocycles. The summed E-state index contributed by atoms with van der Waals surface area (Å²) in [7, 11) is 0. The summed E-state index contributed by atoms with van der Waals surface area (Å²) in [5.41, 5.74) is 0.946.